The van der Waals surface area contributed by atoms with Crippen LogP contribution in [0.2, 0.25) is 0 Å². The van der Waals surface area contributed by atoms with Crippen LogP contribution in [0.25, 0.3) is 0 Å². The molecule has 0 spiro atoms. The molecule has 4 aromatic rings. The summed E-state index contributed by atoms with van der Waals surface area (Å²) in [4.78, 5) is 38.9. The fourth-order valence-corrected chi connectivity index (χ4v) is 6.29. The predicted octanol–water partition coefficient (Wildman–Crippen LogP) is 6.46. The Balaban J connectivity index is 1.63. The lowest BCUT2D eigenvalue weighted by Crippen LogP contribution is -2.50. The third-order valence-electron chi connectivity index (χ3n) is 6.66. The number of esters is 1. The van der Waals surface area contributed by atoms with Crippen molar-refractivity contribution in [2.45, 2.75) is 43.8 Å². The maximum absolute atomic E-state index is 13.5. The number of carbonyl (C=O) groups is 3. The van der Waals surface area contributed by atoms with Crippen molar-refractivity contribution in [2.75, 3.05) is 12.3 Å². The highest BCUT2D eigenvalue weighted by Gasteiger charge is 2.38. The minimum absolute atomic E-state index is 0.0497. The maximum atomic E-state index is 13.5. The van der Waals surface area contributed by atoms with Gasteiger partial charge in [-0.1, -0.05) is 121 Å². The number of carbonyl (C=O) groups excluding carboxylic acids is 3. The monoisotopic (exact) mass is 610 g/mol. The molecule has 8 heteroatoms. The standard InChI is InChI=1S/C36H38N2O5S/c1-35(2,3)43-32(39)24-37-33(40)31(38-34(41)42-25-27-16-8-4-9-17-27)26-44-36(28-18-10-5-11-19-28,29-20-12-6-13-21-29)30-22-14-7-15-23-30/h4-23,31H,24-26H2,1-3H3,(H,37,40)(H,38,41)/t31-/m0/s1. The third-order valence-corrected chi connectivity index (χ3v) is 8.30. The van der Waals surface area contributed by atoms with Crippen molar-refractivity contribution in [3.63, 3.8) is 0 Å². The van der Waals surface area contributed by atoms with Crippen molar-refractivity contribution in [3.05, 3.63) is 144 Å². The Bertz CT molecular complexity index is 1400. The molecule has 7 nitrogen and oxygen atoms in total. The summed E-state index contributed by atoms with van der Waals surface area (Å²) in [6.45, 7) is 4.99. The van der Waals surface area contributed by atoms with Gasteiger partial charge in [-0.25, -0.2) is 4.79 Å². The van der Waals surface area contributed by atoms with Crippen LogP contribution in [0.5, 0.6) is 0 Å². The van der Waals surface area contributed by atoms with E-state index in [2.05, 4.69) is 47.0 Å². The molecular formula is C36H38N2O5S. The molecule has 2 amide bonds. The molecule has 4 aromatic carbocycles. The first-order valence-electron chi connectivity index (χ1n) is 14.4. The van der Waals surface area contributed by atoms with Crippen molar-refractivity contribution in [2.24, 2.45) is 0 Å². The van der Waals surface area contributed by atoms with E-state index in [9.17, 15) is 14.4 Å². The van der Waals surface area contributed by atoms with Gasteiger partial charge in [0.2, 0.25) is 5.91 Å². The summed E-state index contributed by atoms with van der Waals surface area (Å²) < 4.78 is 10.1. The molecule has 0 aliphatic carbocycles. The lowest BCUT2D eigenvalue weighted by atomic mass is 9.84. The van der Waals surface area contributed by atoms with Crippen molar-refractivity contribution < 1.29 is 23.9 Å². The lowest BCUT2D eigenvalue weighted by Gasteiger charge is -2.36. The first-order chi connectivity index (χ1) is 21.2. The van der Waals surface area contributed by atoms with Crippen molar-refractivity contribution in [1.29, 1.82) is 0 Å². The molecule has 0 unspecified atom stereocenters. The van der Waals surface area contributed by atoms with Crippen LogP contribution in [0.3, 0.4) is 0 Å². The van der Waals surface area contributed by atoms with Gasteiger partial charge < -0.3 is 20.1 Å². The Kier molecular flexibility index (Phi) is 11.2. The Labute approximate surface area is 263 Å². The van der Waals surface area contributed by atoms with Gasteiger partial charge in [0, 0.05) is 5.75 Å². The molecule has 2 N–H and O–H groups in total. The summed E-state index contributed by atoms with van der Waals surface area (Å²) in [5.41, 5.74) is 3.17. The van der Waals surface area contributed by atoms with E-state index < -0.39 is 34.4 Å². The number of alkyl carbamates (subject to hydrolysis) is 1. The molecule has 0 aliphatic rings. The maximum Gasteiger partial charge on any atom is 0.408 e. The SMILES string of the molecule is CC(C)(C)OC(=O)CNC(=O)[C@H](CSC(c1ccccc1)(c1ccccc1)c1ccccc1)NC(=O)OCc1ccccc1. The van der Waals surface area contributed by atoms with Gasteiger partial charge in [-0.3, -0.25) is 9.59 Å². The zero-order chi connectivity index (χ0) is 31.4. The molecule has 0 bridgehead atoms. The second-order valence-electron chi connectivity index (χ2n) is 11.2. The average molecular weight is 611 g/mol. The summed E-state index contributed by atoms with van der Waals surface area (Å²) in [5, 5.41) is 5.38. The summed E-state index contributed by atoms with van der Waals surface area (Å²) in [6, 6.07) is 38.5. The number of thioether (sulfide) groups is 1. The number of nitrogens with one attached hydrogen (secondary N) is 2. The van der Waals surface area contributed by atoms with Crippen molar-refractivity contribution in [1.82, 2.24) is 10.6 Å². The molecular weight excluding hydrogens is 572 g/mol. The van der Waals surface area contributed by atoms with Crippen LogP contribution in [0.4, 0.5) is 4.79 Å². The van der Waals surface area contributed by atoms with E-state index >= 15 is 0 Å². The van der Waals surface area contributed by atoms with Crippen LogP contribution >= 0.6 is 11.8 Å². The van der Waals surface area contributed by atoms with Gasteiger partial charge >= 0.3 is 12.1 Å². The van der Waals surface area contributed by atoms with E-state index in [4.69, 9.17) is 9.47 Å². The summed E-state index contributed by atoms with van der Waals surface area (Å²) in [7, 11) is 0. The normalized spacial score (nSPS) is 12.1. The van der Waals surface area contributed by atoms with E-state index in [0.29, 0.717) is 0 Å². The highest BCUT2D eigenvalue weighted by atomic mass is 32.2. The number of rotatable bonds is 12. The molecule has 0 aromatic heterocycles. The number of hydrogen-bond acceptors (Lipinski definition) is 6. The molecule has 0 radical (unpaired) electrons. The second kappa shape index (κ2) is 15.3. The smallest absolute Gasteiger partial charge is 0.408 e. The molecule has 228 valence electrons. The van der Waals surface area contributed by atoms with Crippen LogP contribution < -0.4 is 10.6 Å². The van der Waals surface area contributed by atoms with Gasteiger partial charge in [-0.05, 0) is 43.0 Å². The highest BCUT2D eigenvalue weighted by Crippen LogP contribution is 2.48. The molecule has 0 heterocycles. The largest absolute Gasteiger partial charge is 0.459 e. The zero-order valence-corrected chi connectivity index (χ0v) is 26.0. The Morgan fingerprint density at radius 1 is 0.705 bits per heavy atom. The summed E-state index contributed by atoms with van der Waals surface area (Å²) >= 11 is 1.52. The minimum Gasteiger partial charge on any atom is -0.459 e. The summed E-state index contributed by atoms with van der Waals surface area (Å²) in [6.07, 6.45) is -0.739. The predicted molar refractivity (Wildman–Crippen MR) is 174 cm³/mol. The van der Waals surface area contributed by atoms with E-state index in [0.717, 1.165) is 22.3 Å². The van der Waals surface area contributed by atoms with Crippen LogP contribution in [-0.2, 0) is 30.4 Å². The quantitative estimate of drug-likeness (QED) is 0.141. The van der Waals surface area contributed by atoms with Crippen LogP contribution in [0.15, 0.2) is 121 Å². The van der Waals surface area contributed by atoms with Gasteiger partial charge in [0.25, 0.3) is 0 Å². The van der Waals surface area contributed by atoms with Gasteiger partial charge in [-0.15, -0.1) is 11.8 Å². The fourth-order valence-electron chi connectivity index (χ4n) is 4.73. The third kappa shape index (κ3) is 8.97. The first-order valence-corrected chi connectivity index (χ1v) is 15.4. The number of hydrogen-bond donors (Lipinski definition) is 2. The molecule has 0 saturated carbocycles. The van der Waals surface area contributed by atoms with Crippen molar-refractivity contribution >= 4 is 29.7 Å². The van der Waals surface area contributed by atoms with Crippen LogP contribution in [0.1, 0.15) is 43.0 Å². The van der Waals surface area contributed by atoms with Crippen molar-refractivity contribution in [3.8, 4) is 0 Å². The number of benzene rings is 4. The first kappa shape index (κ1) is 32.4. The Morgan fingerprint density at radius 2 is 1.16 bits per heavy atom. The molecule has 44 heavy (non-hydrogen) atoms. The molecule has 0 fully saturated rings. The number of ether oxygens (including phenoxy) is 2. The summed E-state index contributed by atoms with van der Waals surface area (Å²) in [5.74, 6) is -0.932. The van der Waals surface area contributed by atoms with Gasteiger partial charge in [0.1, 0.15) is 24.8 Å². The van der Waals surface area contributed by atoms with Gasteiger partial charge in [0.15, 0.2) is 0 Å². The zero-order valence-electron chi connectivity index (χ0n) is 25.2. The number of amides is 2. The Morgan fingerprint density at radius 3 is 1.61 bits per heavy atom. The van der Waals surface area contributed by atoms with Gasteiger partial charge in [-0.2, -0.15) is 0 Å². The topological polar surface area (TPSA) is 93.7 Å². The molecule has 0 aliphatic heterocycles. The average Bonchev–Trinajstić information content (AvgIpc) is 3.03. The van der Waals surface area contributed by atoms with E-state index in [1.54, 1.807) is 20.8 Å². The van der Waals surface area contributed by atoms with Gasteiger partial charge in [0.05, 0.1) is 4.75 Å². The fraction of sp³-hybridized carbons (Fsp3) is 0.250. The van der Waals surface area contributed by atoms with Crippen LogP contribution in [0, 0.1) is 0 Å². The highest BCUT2D eigenvalue weighted by molar-refractivity contribution is 8.00. The molecule has 1 atom stereocenters. The second-order valence-corrected chi connectivity index (χ2v) is 12.4. The Hall–Kier alpha value is -4.56. The van der Waals surface area contributed by atoms with E-state index in [-0.39, 0.29) is 18.9 Å². The van der Waals surface area contributed by atoms with E-state index in [1.807, 2.05) is 84.9 Å². The van der Waals surface area contributed by atoms with Crippen LogP contribution in [-0.4, -0.2) is 41.9 Å². The lowest BCUT2D eigenvalue weighted by molar-refractivity contribution is -0.154. The molecule has 4 rings (SSSR count). The van der Waals surface area contributed by atoms with E-state index in [1.165, 1.54) is 11.8 Å². The minimum atomic E-state index is -1.03. The molecule has 0 saturated heterocycles.